The predicted molar refractivity (Wildman–Crippen MR) is 78.2 cm³/mol. The summed E-state index contributed by atoms with van der Waals surface area (Å²) in [6.07, 6.45) is 2.89. The molecule has 120 valence electrons. The van der Waals surface area contributed by atoms with E-state index in [2.05, 4.69) is 10.6 Å². The van der Waals surface area contributed by atoms with Gasteiger partial charge in [-0.1, -0.05) is 0 Å². The molecule has 0 aliphatic carbocycles. The van der Waals surface area contributed by atoms with Gasteiger partial charge in [-0.25, -0.2) is 4.79 Å². The van der Waals surface area contributed by atoms with Gasteiger partial charge in [0.15, 0.2) is 0 Å². The Morgan fingerprint density at radius 1 is 1.23 bits per heavy atom. The average Bonchev–Trinajstić information content (AvgIpc) is 3.07. The van der Waals surface area contributed by atoms with Crippen LogP contribution in [0.1, 0.15) is 17.3 Å². The van der Waals surface area contributed by atoms with E-state index in [4.69, 9.17) is 4.42 Å². The Morgan fingerprint density at radius 3 is 2.45 bits per heavy atom. The molecule has 0 radical (unpaired) electrons. The summed E-state index contributed by atoms with van der Waals surface area (Å²) in [5.74, 6) is -0.426. The standard InChI is InChI=1S/C14H20N4O4/c1-10(12(19)16-14(21)15-2)17-4-6-18(7-5-17)13(20)11-3-8-22-9-11/h3,8-10H,4-7H2,1-2H3,(H2,15,16,19,21)/t10-/m1/s1. The van der Waals surface area contributed by atoms with Crippen molar-refractivity contribution in [1.29, 1.82) is 0 Å². The van der Waals surface area contributed by atoms with Crippen LogP contribution in [0.2, 0.25) is 0 Å². The first kappa shape index (κ1) is 16.0. The molecule has 8 heteroatoms. The Hall–Kier alpha value is -2.35. The smallest absolute Gasteiger partial charge is 0.321 e. The first-order chi connectivity index (χ1) is 10.5. The SMILES string of the molecule is CNC(=O)NC(=O)[C@@H](C)N1CCN(C(=O)c2ccoc2)CC1. The van der Waals surface area contributed by atoms with E-state index < -0.39 is 12.1 Å². The summed E-state index contributed by atoms with van der Waals surface area (Å²) in [5.41, 5.74) is 0.527. The van der Waals surface area contributed by atoms with Crippen molar-refractivity contribution in [3.63, 3.8) is 0 Å². The molecule has 1 aromatic rings. The van der Waals surface area contributed by atoms with Gasteiger partial charge < -0.3 is 14.6 Å². The van der Waals surface area contributed by atoms with E-state index in [1.165, 1.54) is 19.6 Å². The van der Waals surface area contributed by atoms with Gasteiger partial charge in [-0.15, -0.1) is 0 Å². The number of amides is 4. The Morgan fingerprint density at radius 2 is 1.91 bits per heavy atom. The number of imide groups is 1. The van der Waals surface area contributed by atoms with Gasteiger partial charge in [-0.2, -0.15) is 0 Å². The van der Waals surface area contributed by atoms with E-state index in [0.29, 0.717) is 31.7 Å². The highest BCUT2D eigenvalue weighted by Gasteiger charge is 2.28. The first-order valence-corrected chi connectivity index (χ1v) is 7.11. The summed E-state index contributed by atoms with van der Waals surface area (Å²) in [4.78, 5) is 38.9. The number of piperazine rings is 1. The van der Waals surface area contributed by atoms with Crippen molar-refractivity contribution >= 4 is 17.8 Å². The third-order valence-corrected chi connectivity index (χ3v) is 3.76. The van der Waals surface area contributed by atoms with Crippen molar-refractivity contribution < 1.29 is 18.8 Å². The summed E-state index contributed by atoms with van der Waals surface area (Å²) < 4.78 is 4.92. The quantitative estimate of drug-likeness (QED) is 0.812. The molecule has 0 unspecified atom stereocenters. The molecule has 0 bridgehead atoms. The molecule has 1 saturated heterocycles. The van der Waals surface area contributed by atoms with Gasteiger partial charge in [-0.3, -0.25) is 19.8 Å². The molecular formula is C14H20N4O4. The Kier molecular flexibility index (Phi) is 5.16. The minimum atomic E-state index is -0.523. The Labute approximate surface area is 128 Å². The Bertz CT molecular complexity index is 535. The van der Waals surface area contributed by atoms with Gasteiger partial charge in [0, 0.05) is 33.2 Å². The number of hydrogen-bond acceptors (Lipinski definition) is 5. The van der Waals surface area contributed by atoms with E-state index in [1.807, 2.05) is 4.90 Å². The van der Waals surface area contributed by atoms with Crippen molar-refractivity contribution in [2.24, 2.45) is 0 Å². The Balaban J connectivity index is 1.85. The van der Waals surface area contributed by atoms with Crippen LogP contribution < -0.4 is 10.6 Å². The molecular weight excluding hydrogens is 288 g/mol. The van der Waals surface area contributed by atoms with Gasteiger partial charge in [0.05, 0.1) is 17.9 Å². The van der Waals surface area contributed by atoms with Crippen molar-refractivity contribution in [2.45, 2.75) is 13.0 Å². The van der Waals surface area contributed by atoms with Gasteiger partial charge in [-0.05, 0) is 13.0 Å². The van der Waals surface area contributed by atoms with Gasteiger partial charge in [0.1, 0.15) is 6.26 Å². The number of rotatable bonds is 3. The summed E-state index contributed by atoms with van der Waals surface area (Å²) in [6, 6.07) is 0.683. The highest BCUT2D eigenvalue weighted by atomic mass is 16.3. The lowest BCUT2D eigenvalue weighted by Crippen LogP contribution is -2.56. The summed E-state index contributed by atoms with van der Waals surface area (Å²) in [6.45, 7) is 3.95. The number of carbonyl (C=O) groups is 3. The maximum atomic E-state index is 12.2. The first-order valence-electron chi connectivity index (χ1n) is 7.11. The summed E-state index contributed by atoms with van der Waals surface area (Å²) in [7, 11) is 1.45. The second-order valence-electron chi connectivity index (χ2n) is 5.08. The number of hydrogen-bond donors (Lipinski definition) is 2. The third-order valence-electron chi connectivity index (χ3n) is 3.76. The van der Waals surface area contributed by atoms with Crippen LogP contribution in [0, 0.1) is 0 Å². The van der Waals surface area contributed by atoms with Crippen LogP contribution in [0.15, 0.2) is 23.0 Å². The van der Waals surface area contributed by atoms with Crippen LogP contribution in [0.25, 0.3) is 0 Å². The van der Waals surface area contributed by atoms with Gasteiger partial charge >= 0.3 is 6.03 Å². The number of nitrogens with zero attached hydrogens (tertiary/aromatic N) is 2. The number of nitrogens with one attached hydrogen (secondary N) is 2. The zero-order chi connectivity index (χ0) is 16.1. The monoisotopic (exact) mass is 308 g/mol. The number of urea groups is 1. The lowest BCUT2D eigenvalue weighted by atomic mass is 10.2. The van der Waals surface area contributed by atoms with E-state index >= 15 is 0 Å². The lowest BCUT2D eigenvalue weighted by Gasteiger charge is -2.37. The third kappa shape index (κ3) is 3.64. The fourth-order valence-electron chi connectivity index (χ4n) is 2.33. The molecule has 1 aromatic heterocycles. The van der Waals surface area contributed by atoms with Crippen LogP contribution in [-0.4, -0.2) is 66.9 Å². The molecule has 1 aliphatic rings. The molecule has 2 heterocycles. The minimum absolute atomic E-state index is 0.0733. The van der Waals surface area contributed by atoms with Crippen LogP contribution in [0.3, 0.4) is 0 Å². The maximum absolute atomic E-state index is 12.2. The molecule has 1 fully saturated rings. The molecule has 1 aliphatic heterocycles. The fourth-order valence-corrected chi connectivity index (χ4v) is 2.33. The molecule has 0 saturated carbocycles. The second kappa shape index (κ2) is 7.08. The zero-order valence-electron chi connectivity index (χ0n) is 12.7. The molecule has 1 atom stereocenters. The normalized spacial score (nSPS) is 16.9. The number of furan rings is 1. The van der Waals surface area contributed by atoms with Crippen LogP contribution in [-0.2, 0) is 4.79 Å². The topological polar surface area (TPSA) is 94.9 Å². The van der Waals surface area contributed by atoms with E-state index in [0.717, 1.165) is 0 Å². The van der Waals surface area contributed by atoms with Crippen LogP contribution >= 0.6 is 0 Å². The van der Waals surface area contributed by atoms with Crippen molar-refractivity contribution in [3.8, 4) is 0 Å². The highest BCUT2D eigenvalue weighted by molar-refractivity contribution is 5.96. The molecule has 0 spiro atoms. The summed E-state index contributed by atoms with van der Waals surface area (Å²) >= 11 is 0. The van der Waals surface area contributed by atoms with Crippen molar-refractivity contribution in [3.05, 3.63) is 24.2 Å². The van der Waals surface area contributed by atoms with E-state index in [9.17, 15) is 14.4 Å². The van der Waals surface area contributed by atoms with Crippen molar-refractivity contribution in [2.75, 3.05) is 33.2 Å². The molecule has 2 rings (SSSR count). The number of carbonyl (C=O) groups excluding carboxylic acids is 3. The minimum Gasteiger partial charge on any atom is -0.472 e. The molecule has 22 heavy (non-hydrogen) atoms. The fraction of sp³-hybridized carbons (Fsp3) is 0.500. The van der Waals surface area contributed by atoms with E-state index in [-0.39, 0.29) is 11.8 Å². The molecule has 2 N–H and O–H groups in total. The highest BCUT2D eigenvalue weighted by Crippen LogP contribution is 2.11. The molecule has 4 amide bonds. The molecule has 0 aromatic carbocycles. The van der Waals surface area contributed by atoms with Crippen molar-refractivity contribution in [1.82, 2.24) is 20.4 Å². The predicted octanol–water partition coefficient (Wildman–Crippen LogP) is -0.118. The van der Waals surface area contributed by atoms with Gasteiger partial charge in [0.2, 0.25) is 5.91 Å². The largest absolute Gasteiger partial charge is 0.472 e. The second-order valence-corrected chi connectivity index (χ2v) is 5.08. The van der Waals surface area contributed by atoms with Crippen LogP contribution in [0.5, 0.6) is 0 Å². The summed E-state index contributed by atoms with van der Waals surface area (Å²) in [5, 5.41) is 4.60. The average molecular weight is 308 g/mol. The van der Waals surface area contributed by atoms with Crippen LogP contribution in [0.4, 0.5) is 4.79 Å². The zero-order valence-corrected chi connectivity index (χ0v) is 12.7. The van der Waals surface area contributed by atoms with Gasteiger partial charge in [0.25, 0.3) is 5.91 Å². The molecule has 8 nitrogen and oxygen atoms in total. The lowest BCUT2D eigenvalue weighted by molar-refractivity contribution is -0.125. The van der Waals surface area contributed by atoms with E-state index in [1.54, 1.807) is 17.9 Å². The maximum Gasteiger partial charge on any atom is 0.321 e.